The summed E-state index contributed by atoms with van der Waals surface area (Å²) in [4.78, 5) is 11.5. The minimum absolute atomic E-state index is 0.172. The molecule has 1 aromatic carbocycles. The molecule has 0 radical (unpaired) electrons. The molecule has 106 valence electrons. The minimum atomic E-state index is -4.83. The van der Waals surface area contributed by atoms with Gasteiger partial charge in [0.15, 0.2) is 0 Å². The lowest BCUT2D eigenvalue weighted by molar-refractivity contribution is -0.140. The summed E-state index contributed by atoms with van der Waals surface area (Å²) in [5.41, 5.74) is -1.70. The van der Waals surface area contributed by atoms with Gasteiger partial charge in [-0.25, -0.2) is 4.39 Å². The van der Waals surface area contributed by atoms with Crippen LogP contribution in [0, 0.1) is 5.82 Å². The smallest absolute Gasteiger partial charge is 0.380 e. The predicted molar refractivity (Wildman–Crippen MR) is 60.2 cm³/mol. The summed E-state index contributed by atoms with van der Waals surface area (Å²) in [6.07, 6.45) is -4.83. The molecule has 0 heterocycles. The highest BCUT2D eigenvalue weighted by Gasteiger charge is 2.34. The van der Waals surface area contributed by atoms with E-state index in [9.17, 15) is 22.4 Å². The lowest BCUT2D eigenvalue weighted by atomic mass is 10.1. The van der Waals surface area contributed by atoms with Crippen LogP contribution in [0.1, 0.15) is 22.8 Å². The molecule has 0 aliphatic rings. The van der Waals surface area contributed by atoms with Crippen LogP contribution in [0.3, 0.4) is 0 Å². The van der Waals surface area contributed by atoms with Crippen molar-refractivity contribution in [3.05, 3.63) is 35.1 Å². The molecule has 1 aromatic rings. The van der Waals surface area contributed by atoms with Crippen molar-refractivity contribution in [3.63, 3.8) is 0 Å². The summed E-state index contributed by atoms with van der Waals surface area (Å²) >= 11 is 0. The van der Waals surface area contributed by atoms with Crippen LogP contribution in [0.4, 0.5) is 17.6 Å². The second kappa shape index (κ2) is 6.51. The molecular formula is C12H13F4NO2. The molecule has 0 bridgehead atoms. The van der Waals surface area contributed by atoms with Gasteiger partial charge in [0.25, 0.3) is 5.91 Å². The van der Waals surface area contributed by atoms with Gasteiger partial charge in [0.2, 0.25) is 0 Å². The van der Waals surface area contributed by atoms with Crippen LogP contribution >= 0.6 is 0 Å². The Labute approximate surface area is 107 Å². The molecule has 0 spiro atoms. The third-order valence-corrected chi connectivity index (χ3v) is 2.27. The maximum atomic E-state index is 13.0. The number of benzene rings is 1. The highest BCUT2D eigenvalue weighted by Crippen LogP contribution is 2.31. The predicted octanol–water partition coefficient (Wildman–Crippen LogP) is 2.61. The molecule has 0 saturated heterocycles. The third-order valence-electron chi connectivity index (χ3n) is 2.27. The largest absolute Gasteiger partial charge is 0.419 e. The summed E-state index contributed by atoms with van der Waals surface area (Å²) in [5, 5.41) is 2.38. The number of ether oxygens (including phenoxy) is 1. The Kier molecular flexibility index (Phi) is 5.29. The number of hydrogen-bond donors (Lipinski definition) is 1. The fourth-order valence-electron chi connectivity index (χ4n) is 1.37. The monoisotopic (exact) mass is 279 g/mol. The van der Waals surface area contributed by atoms with Crippen molar-refractivity contribution in [2.24, 2.45) is 0 Å². The Hall–Kier alpha value is -1.63. The molecule has 0 fully saturated rings. The van der Waals surface area contributed by atoms with Gasteiger partial charge in [0, 0.05) is 18.7 Å². The molecule has 0 saturated carbocycles. The Morgan fingerprint density at radius 2 is 2.05 bits per heavy atom. The Morgan fingerprint density at radius 1 is 1.37 bits per heavy atom. The Balaban J connectivity index is 2.76. The van der Waals surface area contributed by atoms with Crippen LogP contribution in [0.5, 0.6) is 0 Å². The molecular weight excluding hydrogens is 266 g/mol. The van der Waals surface area contributed by atoms with Crippen molar-refractivity contribution in [1.29, 1.82) is 0 Å². The number of halogens is 4. The first-order chi connectivity index (χ1) is 8.86. The second-order valence-electron chi connectivity index (χ2n) is 3.65. The molecule has 19 heavy (non-hydrogen) atoms. The topological polar surface area (TPSA) is 38.3 Å². The number of hydrogen-bond acceptors (Lipinski definition) is 2. The van der Waals surface area contributed by atoms with E-state index >= 15 is 0 Å². The van der Waals surface area contributed by atoms with Crippen LogP contribution in [0.15, 0.2) is 18.2 Å². The van der Waals surface area contributed by atoms with E-state index in [4.69, 9.17) is 4.74 Å². The van der Waals surface area contributed by atoms with E-state index in [1.807, 2.05) is 0 Å². The van der Waals surface area contributed by atoms with Crippen LogP contribution in [-0.2, 0) is 10.9 Å². The maximum Gasteiger partial charge on any atom is 0.419 e. The first-order valence-electron chi connectivity index (χ1n) is 5.59. The summed E-state index contributed by atoms with van der Waals surface area (Å²) in [6, 6.07) is 2.12. The quantitative estimate of drug-likeness (QED) is 0.664. The zero-order valence-electron chi connectivity index (χ0n) is 10.2. The number of carbonyl (C=O) groups is 1. The second-order valence-corrected chi connectivity index (χ2v) is 3.65. The molecule has 1 rings (SSSR count). The molecule has 0 aromatic heterocycles. The normalized spacial score (nSPS) is 11.4. The van der Waals surface area contributed by atoms with E-state index in [2.05, 4.69) is 5.32 Å². The molecule has 1 amide bonds. The molecule has 3 nitrogen and oxygen atoms in total. The van der Waals surface area contributed by atoms with Crippen molar-refractivity contribution >= 4 is 5.91 Å². The molecule has 7 heteroatoms. The van der Waals surface area contributed by atoms with Gasteiger partial charge in [-0.3, -0.25) is 4.79 Å². The fourth-order valence-corrected chi connectivity index (χ4v) is 1.37. The van der Waals surface area contributed by atoms with Crippen LogP contribution < -0.4 is 5.32 Å². The summed E-state index contributed by atoms with van der Waals surface area (Å²) < 4.78 is 55.3. The third kappa shape index (κ3) is 4.51. The maximum absolute atomic E-state index is 13.0. The highest BCUT2D eigenvalue weighted by molar-refractivity contribution is 5.94. The van der Waals surface area contributed by atoms with Gasteiger partial charge in [-0.05, 0) is 25.1 Å². The van der Waals surface area contributed by atoms with Gasteiger partial charge in [-0.2, -0.15) is 13.2 Å². The van der Waals surface area contributed by atoms with Crippen molar-refractivity contribution in [3.8, 4) is 0 Å². The first kappa shape index (κ1) is 15.4. The number of alkyl halides is 3. The standard InChI is InChI=1S/C12H13F4NO2/c1-2-19-6-5-17-11(18)8-3-4-10(13)9(7-8)12(14,15)16/h3-4,7H,2,5-6H2,1H3,(H,17,18). The SMILES string of the molecule is CCOCCNC(=O)c1ccc(F)c(C(F)(F)F)c1. The molecule has 0 atom stereocenters. The zero-order chi connectivity index (χ0) is 14.5. The van der Waals surface area contributed by atoms with Crippen molar-refractivity contribution in [2.45, 2.75) is 13.1 Å². The van der Waals surface area contributed by atoms with E-state index in [0.717, 1.165) is 6.07 Å². The summed E-state index contributed by atoms with van der Waals surface area (Å²) in [5.74, 6) is -2.11. The number of rotatable bonds is 5. The lowest BCUT2D eigenvalue weighted by Gasteiger charge is -2.10. The molecule has 1 N–H and O–H groups in total. The lowest BCUT2D eigenvalue weighted by Crippen LogP contribution is -2.27. The average Bonchev–Trinajstić information content (AvgIpc) is 2.33. The van der Waals surface area contributed by atoms with Crippen molar-refractivity contribution in [2.75, 3.05) is 19.8 Å². The molecule has 0 unspecified atom stereocenters. The van der Waals surface area contributed by atoms with E-state index in [-0.39, 0.29) is 18.7 Å². The van der Waals surface area contributed by atoms with Crippen LogP contribution in [-0.4, -0.2) is 25.7 Å². The summed E-state index contributed by atoms with van der Waals surface area (Å²) in [7, 11) is 0. The van der Waals surface area contributed by atoms with E-state index in [1.165, 1.54) is 0 Å². The highest BCUT2D eigenvalue weighted by atomic mass is 19.4. The molecule has 0 aliphatic carbocycles. The Morgan fingerprint density at radius 3 is 2.63 bits per heavy atom. The number of amides is 1. The Bertz CT molecular complexity index is 446. The zero-order valence-corrected chi connectivity index (χ0v) is 10.2. The first-order valence-corrected chi connectivity index (χ1v) is 5.59. The van der Waals surface area contributed by atoms with Gasteiger partial charge < -0.3 is 10.1 Å². The van der Waals surface area contributed by atoms with E-state index in [1.54, 1.807) is 6.92 Å². The van der Waals surface area contributed by atoms with Crippen molar-refractivity contribution in [1.82, 2.24) is 5.32 Å². The van der Waals surface area contributed by atoms with Gasteiger partial charge >= 0.3 is 6.18 Å². The average molecular weight is 279 g/mol. The van der Waals surface area contributed by atoms with Gasteiger partial charge in [0.1, 0.15) is 5.82 Å². The fraction of sp³-hybridized carbons (Fsp3) is 0.417. The van der Waals surface area contributed by atoms with E-state index < -0.39 is 23.5 Å². The van der Waals surface area contributed by atoms with E-state index in [0.29, 0.717) is 18.7 Å². The minimum Gasteiger partial charge on any atom is -0.380 e. The van der Waals surface area contributed by atoms with Crippen LogP contribution in [0.25, 0.3) is 0 Å². The summed E-state index contributed by atoms with van der Waals surface area (Å²) in [6.45, 7) is 2.68. The van der Waals surface area contributed by atoms with Gasteiger partial charge in [0.05, 0.1) is 12.2 Å². The number of carbonyl (C=O) groups excluding carboxylic acids is 1. The van der Waals surface area contributed by atoms with Crippen molar-refractivity contribution < 1.29 is 27.1 Å². The van der Waals surface area contributed by atoms with Crippen LogP contribution in [0.2, 0.25) is 0 Å². The molecule has 0 aliphatic heterocycles. The van der Waals surface area contributed by atoms with Gasteiger partial charge in [-0.1, -0.05) is 0 Å². The van der Waals surface area contributed by atoms with Gasteiger partial charge in [-0.15, -0.1) is 0 Å². The number of nitrogens with one attached hydrogen (secondary N) is 1.